The molecule has 100 valence electrons. The van der Waals surface area contributed by atoms with Gasteiger partial charge in [0.2, 0.25) is 0 Å². The van der Waals surface area contributed by atoms with Crippen molar-refractivity contribution in [2.45, 2.75) is 26.3 Å². The molecule has 2 N–H and O–H groups in total. The van der Waals surface area contributed by atoms with Gasteiger partial charge in [0.05, 0.1) is 26.0 Å². The second-order valence-corrected chi connectivity index (χ2v) is 4.50. The van der Waals surface area contributed by atoms with Gasteiger partial charge in [0.1, 0.15) is 0 Å². The Morgan fingerprint density at radius 3 is 2.78 bits per heavy atom. The third kappa shape index (κ3) is 4.00. The lowest BCUT2D eigenvalue weighted by Gasteiger charge is -2.20. The third-order valence-corrected chi connectivity index (χ3v) is 2.49. The molecule has 0 aliphatic heterocycles. The number of rotatable bonds is 7. The number of nitrogens with one attached hydrogen (secondary N) is 1. The predicted molar refractivity (Wildman–Crippen MR) is 72.6 cm³/mol. The molecule has 1 heterocycles. The Labute approximate surface area is 108 Å². The van der Waals surface area contributed by atoms with Crippen LogP contribution < -0.4 is 10.1 Å². The van der Waals surface area contributed by atoms with E-state index in [1.807, 2.05) is 0 Å². The average Bonchev–Trinajstić information content (AvgIpc) is 2.37. The second kappa shape index (κ2) is 6.96. The molecule has 0 saturated carbocycles. The standard InChI is InChI=1S/C13H21N3O2/c1-5-12-14-7-11(18-4)13(16-12)15-10(8-17)6-9(2)3/h5,7,9-10,17H,1,6,8H2,2-4H3,(H,14,15,16)/t10-/m0/s1. The van der Waals surface area contributed by atoms with Crippen LogP contribution in [0.15, 0.2) is 12.8 Å². The number of aliphatic hydroxyl groups is 1. The molecule has 5 nitrogen and oxygen atoms in total. The summed E-state index contributed by atoms with van der Waals surface area (Å²) in [4.78, 5) is 8.35. The molecule has 0 aromatic carbocycles. The molecule has 5 heteroatoms. The van der Waals surface area contributed by atoms with Gasteiger partial charge in [-0.15, -0.1) is 0 Å². The molecule has 1 rings (SSSR count). The Bertz CT molecular complexity index is 394. The summed E-state index contributed by atoms with van der Waals surface area (Å²) in [5.41, 5.74) is 0. The zero-order chi connectivity index (χ0) is 13.5. The van der Waals surface area contributed by atoms with Crippen LogP contribution >= 0.6 is 0 Å². The molecule has 0 fully saturated rings. The zero-order valence-corrected chi connectivity index (χ0v) is 11.2. The number of hydrogen-bond donors (Lipinski definition) is 2. The molecule has 0 radical (unpaired) electrons. The summed E-state index contributed by atoms with van der Waals surface area (Å²) < 4.78 is 5.19. The van der Waals surface area contributed by atoms with Crippen LogP contribution in [0.4, 0.5) is 5.82 Å². The van der Waals surface area contributed by atoms with Gasteiger partial charge >= 0.3 is 0 Å². The first-order valence-corrected chi connectivity index (χ1v) is 6.01. The van der Waals surface area contributed by atoms with E-state index in [4.69, 9.17) is 4.74 Å². The van der Waals surface area contributed by atoms with Gasteiger partial charge in [-0.25, -0.2) is 9.97 Å². The summed E-state index contributed by atoms with van der Waals surface area (Å²) in [6, 6.07) is -0.0496. The summed E-state index contributed by atoms with van der Waals surface area (Å²) >= 11 is 0. The first kappa shape index (κ1) is 14.4. The lowest BCUT2D eigenvalue weighted by atomic mass is 10.0. The molecule has 0 bridgehead atoms. The van der Waals surface area contributed by atoms with Crippen LogP contribution in [0, 0.1) is 5.92 Å². The number of aromatic nitrogens is 2. The molecular weight excluding hydrogens is 230 g/mol. The van der Waals surface area contributed by atoms with Crippen molar-refractivity contribution in [3.8, 4) is 5.75 Å². The summed E-state index contributed by atoms with van der Waals surface area (Å²) in [6.45, 7) is 7.90. The smallest absolute Gasteiger partial charge is 0.179 e. The lowest BCUT2D eigenvalue weighted by Crippen LogP contribution is -2.26. The number of nitrogens with zero attached hydrogens (tertiary/aromatic N) is 2. The zero-order valence-electron chi connectivity index (χ0n) is 11.2. The van der Waals surface area contributed by atoms with Gasteiger partial charge < -0.3 is 15.2 Å². The van der Waals surface area contributed by atoms with Gasteiger partial charge in [-0.05, 0) is 18.4 Å². The SMILES string of the molecule is C=Cc1ncc(OC)c(N[C@H](CO)CC(C)C)n1. The average molecular weight is 251 g/mol. The topological polar surface area (TPSA) is 67.3 Å². The van der Waals surface area contributed by atoms with E-state index in [1.54, 1.807) is 19.4 Å². The van der Waals surface area contributed by atoms with Crippen LogP contribution in [-0.2, 0) is 0 Å². The molecule has 0 aliphatic rings. The van der Waals surface area contributed by atoms with Gasteiger partial charge in [0.15, 0.2) is 17.4 Å². The van der Waals surface area contributed by atoms with Crippen molar-refractivity contribution >= 4 is 11.9 Å². The first-order valence-electron chi connectivity index (χ1n) is 6.01. The van der Waals surface area contributed by atoms with Crippen molar-refractivity contribution in [1.82, 2.24) is 9.97 Å². The van der Waals surface area contributed by atoms with Crippen LogP contribution in [0.3, 0.4) is 0 Å². The monoisotopic (exact) mass is 251 g/mol. The van der Waals surface area contributed by atoms with E-state index in [1.165, 1.54) is 0 Å². The van der Waals surface area contributed by atoms with Crippen molar-refractivity contribution in [3.63, 3.8) is 0 Å². The quantitative estimate of drug-likeness (QED) is 0.775. The van der Waals surface area contributed by atoms with Crippen LogP contribution in [-0.4, -0.2) is 34.8 Å². The number of methoxy groups -OCH3 is 1. The van der Waals surface area contributed by atoms with E-state index >= 15 is 0 Å². The van der Waals surface area contributed by atoms with Gasteiger partial charge in [-0.1, -0.05) is 20.4 Å². The minimum Gasteiger partial charge on any atom is -0.491 e. The van der Waals surface area contributed by atoms with E-state index in [0.717, 1.165) is 6.42 Å². The van der Waals surface area contributed by atoms with Crippen LogP contribution in [0.2, 0.25) is 0 Å². The molecule has 18 heavy (non-hydrogen) atoms. The van der Waals surface area contributed by atoms with Gasteiger partial charge in [-0.3, -0.25) is 0 Å². The molecular formula is C13H21N3O2. The summed E-state index contributed by atoms with van der Waals surface area (Å²) in [7, 11) is 1.56. The molecule has 1 atom stereocenters. The highest BCUT2D eigenvalue weighted by atomic mass is 16.5. The number of aliphatic hydroxyl groups excluding tert-OH is 1. The highest BCUT2D eigenvalue weighted by molar-refractivity contribution is 5.52. The summed E-state index contributed by atoms with van der Waals surface area (Å²) in [5, 5.41) is 12.5. The fourth-order valence-electron chi connectivity index (χ4n) is 1.68. The Kier molecular flexibility index (Phi) is 5.58. The highest BCUT2D eigenvalue weighted by Gasteiger charge is 2.14. The molecule has 0 unspecified atom stereocenters. The van der Waals surface area contributed by atoms with E-state index in [2.05, 4.69) is 35.7 Å². The second-order valence-electron chi connectivity index (χ2n) is 4.50. The molecule has 1 aromatic heterocycles. The third-order valence-electron chi connectivity index (χ3n) is 2.49. The maximum Gasteiger partial charge on any atom is 0.179 e. The Morgan fingerprint density at radius 1 is 1.56 bits per heavy atom. The Balaban J connectivity index is 2.88. The van der Waals surface area contributed by atoms with E-state index in [0.29, 0.717) is 23.3 Å². The predicted octanol–water partition coefficient (Wildman–Crippen LogP) is 1.95. The fraction of sp³-hybridized carbons (Fsp3) is 0.538. The molecule has 0 aliphatic carbocycles. The van der Waals surface area contributed by atoms with Crippen molar-refractivity contribution in [2.75, 3.05) is 19.0 Å². The van der Waals surface area contributed by atoms with Crippen molar-refractivity contribution in [3.05, 3.63) is 18.6 Å². The fourth-order valence-corrected chi connectivity index (χ4v) is 1.68. The minimum absolute atomic E-state index is 0.0496. The molecule has 0 spiro atoms. The van der Waals surface area contributed by atoms with Crippen molar-refractivity contribution in [2.24, 2.45) is 5.92 Å². The van der Waals surface area contributed by atoms with Crippen LogP contribution in [0.5, 0.6) is 5.75 Å². The number of anilines is 1. The maximum atomic E-state index is 9.36. The van der Waals surface area contributed by atoms with Gasteiger partial charge in [0, 0.05) is 0 Å². The summed E-state index contributed by atoms with van der Waals surface area (Å²) in [6.07, 6.45) is 4.02. The first-order chi connectivity index (χ1) is 8.60. The van der Waals surface area contributed by atoms with Gasteiger partial charge in [-0.2, -0.15) is 0 Å². The molecule has 1 aromatic rings. The Morgan fingerprint density at radius 2 is 2.28 bits per heavy atom. The Hall–Kier alpha value is -1.62. The highest BCUT2D eigenvalue weighted by Crippen LogP contribution is 2.22. The largest absolute Gasteiger partial charge is 0.491 e. The van der Waals surface area contributed by atoms with Gasteiger partial charge in [0.25, 0.3) is 0 Å². The van der Waals surface area contributed by atoms with Crippen LogP contribution in [0.1, 0.15) is 26.1 Å². The van der Waals surface area contributed by atoms with E-state index in [9.17, 15) is 5.11 Å². The lowest BCUT2D eigenvalue weighted by molar-refractivity contribution is 0.258. The van der Waals surface area contributed by atoms with E-state index < -0.39 is 0 Å². The molecule has 0 saturated heterocycles. The minimum atomic E-state index is -0.0496. The maximum absolute atomic E-state index is 9.36. The van der Waals surface area contributed by atoms with Crippen LogP contribution in [0.25, 0.3) is 6.08 Å². The summed E-state index contributed by atoms with van der Waals surface area (Å²) in [5.74, 6) is 2.16. The van der Waals surface area contributed by atoms with E-state index in [-0.39, 0.29) is 12.6 Å². The van der Waals surface area contributed by atoms with Crippen molar-refractivity contribution in [1.29, 1.82) is 0 Å². The number of ether oxygens (including phenoxy) is 1. The molecule has 0 amide bonds. The normalized spacial score (nSPS) is 12.3. The number of hydrogen-bond acceptors (Lipinski definition) is 5. The van der Waals surface area contributed by atoms with Crippen molar-refractivity contribution < 1.29 is 9.84 Å².